The number of carbonyl (C=O) groups excluding carboxylic acids is 2. The number of rotatable bonds is 4. The van der Waals surface area contributed by atoms with Gasteiger partial charge in [-0.25, -0.2) is 19.7 Å². The van der Waals surface area contributed by atoms with Crippen LogP contribution < -0.4 is 5.73 Å². The third-order valence-electron chi connectivity index (χ3n) is 13.7. The van der Waals surface area contributed by atoms with E-state index in [1.54, 1.807) is 10.9 Å². The Balaban J connectivity index is 1.07. The fourth-order valence-electron chi connectivity index (χ4n) is 11.4. The predicted molar refractivity (Wildman–Crippen MR) is 159 cm³/mol. The number of cyclic esters (lactones) is 1. The second-order valence-corrected chi connectivity index (χ2v) is 15.1. The number of nitrogens with two attached hydrogens (primary N) is 1. The summed E-state index contributed by atoms with van der Waals surface area (Å²) in [4.78, 5) is 39.9. The van der Waals surface area contributed by atoms with Crippen molar-refractivity contribution in [2.24, 2.45) is 40.4 Å². The van der Waals surface area contributed by atoms with Crippen molar-refractivity contribution in [3.05, 3.63) is 23.8 Å². The van der Waals surface area contributed by atoms with E-state index >= 15 is 0 Å². The molecule has 6 aliphatic rings. The number of epoxide rings is 1. The van der Waals surface area contributed by atoms with E-state index in [1.807, 2.05) is 6.92 Å². The molecule has 4 aliphatic carbocycles. The highest BCUT2D eigenvalue weighted by molar-refractivity contribution is 5.91. The van der Waals surface area contributed by atoms with Crippen LogP contribution in [-0.4, -0.2) is 72.0 Å². The van der Waals surface area contributed by atoms with Gasteiger partial charge in [0, 0.05) is 12.8 Å². The number of nitrogen functional groups attached to an aromatic ring is 1. The third-order valence-corrected chi connectivity index (χ3v) is 13.7. The zero-order chi connectivity index (χ0) is 30.9. The summed E-state index contributed by atoms with van der Waals surface area (Å²) >= 11 is 0. The summed E-state index contributed by atoms with van der Waals surface area (Å²) in [5, 5.41) is 21.7. The number of aliphatic hydroxyl groups excluding tert-OH is 2. The molecule has 0 radical (unpaired) electrons. The highest BCUT2D eigenvalue weighted by Gasteiger charge is 2.82. The smallest absolute Gasteiger partial charge is 0.336 e. The first-order valence-corrected chi connectivity index (χ1v) is 16.3. The van der Waals surface area contributed by atoms with E-state index in [1.165, 1.54) is 6.33 Å². The number of anilines is 1. The van der Waals surface area contributed by atoms with Crippen molar-refractivity contribution in [2.75, 3.05) is 12.3 Å². The standard InChI is InChI=1S/C33H43N5O6/c1-15-9-23(43-30(42)18(15)12-39)16(2)19-5-6-20-17-10-25-33(44-25)27(41)22(38-14-37-26-28(34)35-13-36-29(26)38)11-24(40)32(33,4)21(17)7-8-31(19,20)3/h13-14,16-17,19-23,25,27,39,41H,5-12H2,1-4H3,(H2,34,35,36)/t16-,17-,19+,20-,21-,22-,23+,25+,27-,31+,32-,33-/m0/s1. The molecular weight excluding hydrogens is 562 g/mol. The Morgan fingerprint density at radius 1 is 1.14 bits per heavy atom. The molecule has 4 saturated carbocycles. The summed E-state index contributed by atoms with van der Waals surface area (Å²) in [6.45, 7) is 8.38. The first-order chi connectivity index (χ1) is 21.0. The maximum absolute atomic E-state index is 14.4. The second kappa shape index (κ2) is 9.33. The molecule has 11 nitrogen and oxygen atoms in total. The van der Waals surface area contributed by atoms with E-state index in [0.29, 0.717) is 40.9 Å². The Labute approximate surface area is 256 Å². The number of imidazole rings is 1. The molecule has 0 bridgehead atoms. The average molecular weight is 606 g/mol. The number of aliphatic hydroxyl groups is 2. The topological polar surface area (TPSA) is 166 Å². The van der Waals surface area contributed by atoms with Gasteiger partial charge in [0.25, 0.3) is 0 Å². The highest BCUT2D eigenvalue weighted by Crippen LogP contribution is 2.74. The van der Waals surface area contributed by atoms with Gasteiger partial charge < -0.3 is 30.0 Å². The molecule has 11 heteroatoms. The fraction of sp³-hybridized carbons (Fsp3) is 0.727. The normalized spacial score (nSPS) is 45.3. The molecule has 4 heterocycles. The van der Waals surface area contributed by atoms with Gasteiger partial charge in [0.05, 0.1) is 36.1 Å². The largest absolute Gasteiger partial charge is 0.458 e. The molecule has 1 spiro atoms. The predicted octanol–water partition coefficient (Wildman–Crippen LogP) is 3.15. The summed E-state index contributed by atoms with van der Waals surface area (Å²) in [6, 6.07) is -0.538. The third kappa shape index (κ3) is 3.41. The van der Waals surface area contributed by atoms with Gasteiger partial charge >= 0.3 is 5.97 Å². The molecular formula is C33H43N5O6. The van der Waals surface area contributed by atoms with Crippen LogP contribution >= 0.6 is 0 Å². The zero-order valence-corrected chi connectivity index (χ0v) is 25.9. The Kier molecular flexibility index (Phi) is 6.06. The molecule has 12 atom stereocenters. The first kappa shape index (κ1) is 28.6. The molecule has 1 saturated heterocycles. The van der Waals surface area contributed by atoms with Crippen molar-refractivity contribution in [3.63, 3.8) is 0 Å². The maximum Gasteiger partial charge on any atom is 0.336 e. The number of esters is 1. The van der Waals surface area contributed by atoms with Crippen LogP contribution in [0.25, 0.3) is 11.2 Å². The summed E-state index contributed by atoms with van der Waals surface area (Å²) in [6.07, 6.45) is 7.51. The minimum atomic E-state index is -0.910. The summed E-state index contributed by atoms with van der Waals surface area (Å²) < 4.78 is 14.3. The minimum absolute atomic E-state index is 0.0708. The van der Waals surface area contributed by atoms with Gasteiger partial charge in [0.1, 0.15) is 35.4 Å². The van der Waals surface area contributed by atoms with Gasteiger partial charge in [0.15, 0.2) is 11.5 Å². The summed E-state index contributed by atoms with van der Waals surface area (Å²) in [7, 11) is 0. The molecule has 44 heavy (non-hydrogen) atoms. The number of carbonyl (C=O) groups is 2. The number of aromatic nitrogens is 4. The van der Waals surface area contributed by atoms with Gasteiger partial charge in [-0.05, 0) is 81.0 Å². The number of Topliss-reactive ketones (excluding diaryl/α,β-unsaturated/α-hetero) is 1. The van der Waals surface area contributed by atoms with Gasteiger partial charge in [-0.15, -0.1) is 0 Å². The van der Waals surface area contributed by atoms with Crippen LogP contribution in [0.1, 0.15) is 78.7 Å². The summed E-state index contributed by atoms with van der Waals surface area (Å²) in [5.74, 6) is 1.54. The fourth-order valence-corrected chi connectivity index (χ4v) is 11.4. The summed E-state index contributed by atoms with van der Waals surface area (Å²) in [5.41, 5.74) is 6.73. The molecule has 8 rings (SSSR count). The number of ketones is 1. The van der Waals surface area contributed by atoms with E-state index < -0.39 is 23.2 Å². The lowest BCUT2D eigenvalue weighted by atomic mass is 9.43. The van der Waals surface area contributed by atoms with Crippen molar-refractivity contribution in [2.45, 2.75) is 103 Å². The molecule has 0 amide bonds. The average Bonchev–Trinajstić information content (AvgIpc) is 3.39. The molecule has 2 aromatic rings. The SMILES string of the molecule is CC1=C(CO)C(=O)O[C@@H]([C@@H](C)[C@H]2CC[C@H]3[C@@H]4C[C@H]5O[C@]56[C@@H](O)[C@@H](n5cnc7c(N)ncnc75)CC(=O)[C@]6(C)[C@H]4CC[C@]23C)C1. The van der Waals surface area contributed by atoms with Crippen LogP contribution in [0.4, 0.5) is 5.82 Å². The lowest BCUT2D eigenvalue weighted by Crippen LogP contribution is -2.66. The highest BCUT2D eigenvalue weighted by atomic mass is 16.6. The number of hydrogen-bond donors (Lipinski definition) is 3. The van der Waals surface area contributed by atoms with Crippen molar-refractivity contribution in [1.29, 1.82) is 0 Å². The molecule has 5 fully saturated rings. The monoisotopic (exact) mass is 605 g/mol. The van der Waals surface area contributed by atoms with Crippen LogP contribution in [0.15, 0.2) is 23.8 Å². The van der Waals surface area contributed by atoms with E-state index in [2.05, 4.69) is 35.7 Å². The van der Waals surface area contributed by atoms with E-state index in [-0.39, 0.29) is 60.1 Å². The van der Waals surface area contributed by atoms with E-state index in [9.17, 15) is 19.8 Å². The molecule has 2 aromatic heterocycles. The number of nitrogens with zero attached hydrogens (tertiary/aromatic N) is 4. The Morgan fingerprint density at radius 2 is 1.93 bits per heavy atom. The lowest BCUT2D eigenvalue weighted by Gasteiger charge is -2.59. The molecule has 236 valence electrons. The minimum Gasteiger partial charge on any atom is -0.458 e. The number of ether oxygens (including phenoxy) is 2. The Bertz CT molecular complexity index is 1610. The van der Waals surface area contributed by atoms with Crippen LogP contribution in [0, 0.1) is 40.4 Å². The van der Waals surface area contributed by atoms with Crippen LogP contribution in [0.3, 0.4) is 0 Å². The van der Waals surface area contributed by atoms with Gasteiger partial charge in [-0.3, -0.25) is 4.79 Å². The van der Waals surface area contributed by atoms with Gasteiger partial charge in [-0.1, -0.05) is 19.4 Å². The van der Waals surface area contributed by atoms with E-state index in [0.717, 1.165) is 37.7 Å². The first-order valence-electron chi connectivity index (χ1n) is 16.3. The quantitative estimate of drug-likeness (QED) is 0.348. The molecule has 0 unspecified atom stereocenters. The second-order valence-electron chi connectivity index (χ2n) is 15.1. The van der Waals surface area contributed by atoms with Crippen LogP contribution in [-0.2, 0) is 19.1 Å². The molecule has 2 aliphatic heterocycles. The maximum atomic E-state index is 14.4. The Morgan fingerprint density at radius 3 is 2.68 bits per heavy atom. The zero-order valence-electron chi connectivity index (χ0n) is 25.9. The number of hydrogen-bond acceptors (Lipinski definition) is 10. The number of fused-ring (bicyclic) bond motifs is 5. The molecule has 0 aromatic carbocycles. The van der Waals surface area contributed by atoms with Gasteiger partial charge in [-0.2, -0.15) is 0 Å². The van der Waals surface area contributed by atoms with Crippen molar-refractivity contribution < 1.29 is 29.3 Å². The van der Waals surface area contributed by atoms with E-state index in [4.69, 9.17) is 15.2 Å². The van der Waals surface area contributed by atoms with Crippen molar-refractivity contribution in [3.8, 4) is 0 Å². The molecule has 4 N–H and O–H groups in total. The van der Waals surface area contributed by atoms with Crippen molar-refractivity contribution in [1.82, 2.24) is 19.5 Å². The van der Waals surface area contributed by atoms with Crippen LogP contribution in [0.2, 0.25) is 0 Å². The van der Waals surface area contributed by atoms with Crippen molar-refractivity contribution >= 4 is 28.7 Å². The van der Waals surface area contributed by atoms with Crippen LogP contribution in [0.5, 0.6) is 0 Å². The Hall–Kier alpha value is -2.89. The van der Waals surface area contributed by atoms with Gasteiger partial charge in [0.2, 0.25) is 0 Å². The lowest BCUT2D eigenvalue weighted by molar-refractivity contribution is -0.171.